The zero-order valence-electron chi connectivity index (χ0n) is 17.2. The van der Waals surface area contributed by atoms with Gasteiger partial charge < -0.3 is 15.0 Å². The Morgan fingerprint density at radius 1 is 1.37 bits per heavy atom. The normalized spacial score (nSPS) is 29.1. The highest BCUT2D eigenvalue weighted by molar-refractivity contribution is 6.00. The number of carbonyl (C=O) groups is 1. The molecule has 1 spiro atoms. The van der Waals surface area contributed by atoms with Gasteiger partial charge in [-0.2, -0.15) is 13.2 Å². The Labute approximate surface area is 173 Å². The summed E-state index contributed by atoms with van der Waals surface area (Å²) in [6, 6.07) is 6.57. The van der Waals surface area contributed by atoms with Crippen LogP contribution in [0.5, 0.6) is 0 Å². The van der Waals surface area contributed by atoms with Crippen LogP contribution in [-0.2, 0) is 6.54 Å². The van der Waals surface area contributed by atoms with Crippen molar-refractivity contribution in [1.82, 2.24) is 14.9 Å². The molecule has 0 amide bonds. The summed E-state index contributed by atoms with van der Waals surface area (Å²) in [5, 5.41) is 13.0. The average Bonchev–Trinajstić information content (AvgIpc) is 3.09. The Bertz CT molecular complexity index is 939. The van der Waals surface area contributed by atoms with Gasteiger partial charge in [0, 0.05) is 25.6 Å². The molecule has 1 saturated heterocycles. The lowest BCUT2D eigenvalue weighted by Crippen LogP contribution is -2.41. The van der Waals surface area contributed by atoms with Gasteiger partial charge in [0.1, 0.15) is 6.54 Å². The van der Waals surface area contributed by atoms with Gasteiger partial charge >= 0.3 is 6.18 Å². The van der Waals surface area contributed by atoms with Crippen molar-refractivity contribution in [3.63, 3.8) is 0 Å². The molecule has 1 aromatic carbocycles. The third kappa shape index (κ3) is 3.75. The van der Waals surface area contributed by atoms with E-state index in [0.717, 1.165) is 11.0 Å². The highest BCUT2D eigenvalue weighted by atomic mass is 19.4. The SMILES string of the molecule is CC(C)CC1C(C(=O)c2nc3ccccc3n2CC(F)(F)F)[C@]12CNCC(CO)C2. The fourth-order valence-corrected chi connectivity index (χ4v) is 5.48. The van der Waals surface area contributed by atoms with E-state index in [9.17, 15) is 23.1 Å². The second-order valence-electron chi connectivity index (χ2n) is 9.32. The number of fused-ring (bicyclic) bond motifs is 1. The molecule has 2 aromatic rings. The summed E-state index contributed by atoms with van der Waals surface area (Å²) in [5.41, 5.74) is 0.410. The summed E-state index contributed by atoms with van der Waals surface area (Å²) in [5.74, 6) is -0.262. The molecule has 1 aromatic heterocycles. The molecule has 2 aliphatic rings. The van der Waals surface area contributed by atoms with Crippen LogP contribution in [0.3, 0.4) is 0 Å². The van der Waals surface area contributed by atoms with Gasteiger partial charge in [-0.05, 0) is 48.1 Å². The van der Waals surface area contributed by atoms with Crippen LogP contribution in [0, 0.1) is 29.1 Å². The van der Waals surface area contributed by atoms with Gasteiger partial charge in [-0.1, -0.05) is 26.0 Å². The number of benzene rings is 1. The zero-order chi connectivity index (χ0) is 21.7. The Hall–Kier alpha value is -1.93. The van der Waals surface area contributed by atoms with E-state index >= 15 is 0 Å². The number of Topliss-reactive ketones (excluding diaryl/α,β-unsaturated/α-hetero) is 1. The van der Waals surface area contributed by atoms with E-state index in [1.54, 1.807) is 24.3 Å². The molecule has 3 unspecified atom stereocenters. The third-order valence-corrected chi connectivity index (χ3v) is 6.69. The molecule has 0 radical (unpaired) electrons. The predicted octanol–water partition coefficient (Wildman–Crippen LogP) is 3.66. The largest absolute Gasteiger partial charge is 0.406 e. The van der Waals surface area contributed by atoms with Gasteiger partial charge in [0.15, 0.2) is 5.82 Å². The minimum Gasteiger partial charge on any atom is -0.396 e. The van der Waals surface area contributed by atoms with Crippen LogP contribution < -0.4 is 5.32 Å². The zero-order valence-corrected chi connectivity index (χ0v) is 17.2. The minimum atomic E-state index is -4.45. The number of hydrogen-bond acceptors (Lipinski definition) is 4. The number of hydrogen-bond donors (Lipinski definition) is 2. The first kappa shape index (κ1) is 21.3. The molecule has 4 atom stereocenters. The maximum Gasteiger partial charge on any atom is 0.406 e. The standard InChI is InChI=1S/C22H28F3N3O2/c1-13(2)7-15-18(21(15)8-14(10-29)9-26-11-21)19(30)20-27-16-5-3-4-6-17(16)28(20)12-22(23,24)25/h3-6,13-15,18,26,29H,7-12H2,1-2H3/t14?,15?,18?,21-/m1/s1. The number of rotatable bonds is 6. The van der Waals surface area contributed by atoms with Gasteiger partial charge in [0.25, 0.3) is 0 Å². The predicted molar refractivity (Wildman–Crippen MR) is 107 cm³/mol. The quantitative estimate of drug-likeness (QED) is 0.696. The number of nitrogens with zero attached hydrogens (tertiary/aromatic N) is 2. The lowest BCUT2D eigenvalue weighted by molar-refractivity contribution is -0.140. The molecule has 2 fully saturated rings. The number of nitrogens with one attached hydrogen (secondary N) is 1. The molecule has 0 bridgehead atoms. The molecule has 1 aliphatic heterocycles. The van der Waals surface area contributed by atoms with Crippen molar-refractivity contribution in [3.05, 3.63) is 30.1 Å². The molecule has 2 heterocycles. The Balaban J connectivity index is 1.72. The molecule has 2 N–H and O–H groups in total. The van der Waals surface area contributed by atoms with E-state index in [1.807, 2.05) is 0 Å². The van der Waals surface area contributed by atoms with Crippen LogP contribution in [0.1, 0.15) is 37.3 Å². The van der Waals surface area contributed by atoms with E-state index in [2.05, 4.69) is 24.1 Å². The van der Waals surface area contributed by atoms with E-state index in [4.69, 9.17) is 0 Å². The highest BCUT2D eigenvalue weighted by Gasteiger charge is 2.68. The molecule has 8 heteroatoms. The van der Waals surface area contributed by atoms with Crippen LogP contribution in [0.25, 0.3) is 11.0 Å². The van der Waals surface area contributed by atoms with Crippen molar-refractivity contribution in [1.29, 1.82) is 0 Å². The Morgan fingerprint density at radius 2 is 2.10 bits per heavy atom. The van der Waals surface area contributed by atoms with Crippen LogP contribution in [-0.4, -0.2) is 46.3 Å². The lowest BCUT2D eigenvalue weighted by atomic mass is 9.83. The first-order valence-electron chi connectivity index (χ1n) is 10.5. The third-order valence-electron chi connectivity index (χ3n) is 6.69. The van der Waals surface area contributed by atoms with Crippen molar-refractivity contribution in [2.24, 2.45) is 29.1 Å². The highest BCUT2D eigenvalue weighted by Crippen LogP contribution is 2.66. The second kappa shape index (κ2) is 7.64. The monoisotopic (exact) mass is 423 g/mol. The number of para-hydroxylation sites is 2. The molecular weight excluding hydrogens is 395 g/mol. The van der Waals surface area contributed by atoms with Crippen LogP contribution in [0.15, 0.2) is 24.3 Å². The molecule has 1 aliphatic carbocycles. The minimum absolute atomic E-state index is 0.0383. The van der Waals surface area contributed by atoms with Gasteiger partial charge in [-0.3, -0.25) is 4.79 Å². The summed E-state index contributed by atoms with van der Waals surface area (Å²) in [7, 11) is 0. The molecule has 1 saturated carbocycles. The lowest BCUT2D eigenvalue weighted by Gasteiger charge is -2.31. The number of aromatic nitrogens is 2. The fraction of sp³-hybridized carbons (Fsp3) is 0.636. The van der Waals surface area contributed by atoms with Crippen molar-refractivity contribution in [2.75, 3.05) is 19.7 Å². The summed E-state index contributed by atoms with van der Waals surface area (Å²) in [6.45, 7) is 4.33. The van der Waals surface area contributed by atoms with Gasteiger partial charge in [0.2, 0.25) is 5.78 Å². The van der Waals surface area contributed by atoms with E-state index < -0.39 is 12.7 Å². The summed E-state index contributed by atoms with van der Waals surface area (Å²) < 4.78 is 40.9. The van der Waals surface area contributed by atoms with Crippen LogP contribution in [0.2, 0.25) is 0 Å². The van der Waals surface area contributed by atoms with Crippen molar-refractivity contribution < 1.29 is 23.1 Å². The topological polar surface area (TPSA) is 67.2 Å². The molecule has 5 nitrogen and oxygen atoms in total. The maximum absolute atomic E-state index is 13.6. The Morgan fingerprint density at radius 3 is 2.77 bits per heavy atom. The number of aliphatic hydroxyl groups excluding tert-OH is 1. The van der Waals surface area contributed by atoms with Gasteiger partial charge in [-0.15, -0.1) is 0 Å². The summed E-state index contributed by atoms with van der Waals surface area (Å²) in [6.07, 6.45) is -2.91. The number of ketones is 1. The van der Waals surface area contributed by atoms with Crippen LogP contribution >= 0.6 is 0 Å². The van der Waals surface area contributed by atoms with Gasteiger partial charge in [0.05, 0.1) is 11.0 Å². The fourth-order valence-electron chi connectivity index (χ4n) is 5.48. The van der Waals surface area contributed by atoms with Crippen molar-refractivity contribution in [2.45, 2.75) is 39.4 Å². The average molecular weight is 423 g/mol. The maximum atomic E-state index is 13.6. The number of imidazole rings is 1. The van der Waals surface area contributed by atoms with Gasteiger partial charge in [-0.25, -0.2) is 4.98 Å². The van der Waals surface area contributed by atoms with Crippen LogP contribution in [0.4, 0.5) is 13.2 Å². The first-order valence-corrected chi connectivity index (χ1v) is 10.5. The summed E-state index contributed by atoms with van der Waals surface area (Å²) in [4.78, 5) is 17.9. The summed E-state index contributed by atoms with van der Waals surface area (Å²) >= 11 is 0. The number of aliphatic hydroxyl groups is 1. The smallest absolute Gasteiger partial charge is 0.396 e. The molecule has 30 heavy (non-hydrogen) atoms. The molecular formula is C22H28F3N3O2. The van der Waals surface area contributed by atoms with E-state index in [-0.39, 0.29) is 41.4 Å². The number of alkyl halides is 3. The van der Waals surface area contributed by atoms with Crippen molar-refractivity contribution >= 4 is 16.8 Å². The molecule has 164 valence electrons. The van der Waals surface area contributed by atoms with E-state index in [1.165, 1.54) is 0 Å². The molecule has 4 rings (SSSR count). The van der Waals surface area contributed by atoms with Crippen molar-refractivity contribution in [3.8, 4) is 0 Å². The Kier molecular flexibility index (Phi) is 5.43. The van der Waals surface area contributed by atoms with E-state index in [0.29, 0.717) is 36.5 Å². The number of halogens is 3. The second-order valence-corrected chi connectivity index (χ2v) is 9.32. The number of carbonyl (C=O) groups excluding carboxylic acids is 1. The number of piperidine rings is 1. The first-order chi connectivity index (χ1) is 14.2.